The molecule has 0 saturated heterocycles. The monoisotopic (exact) mass is 246 g/mol. The number of anilines is 1. The molecule has 1 saturated carbocycles. The Kier molecular flexibility index (Phi) is 3.84. The van der Waals surface area contributed by atoms with Gasteiger partial charge in [-0.25, -0.2) is 4.98 Å². The van der Waals surface area contributed by atoms with Crippen LogP contribution in [-0.4, -0.2) is 24.4 Å². The number of nitrogens with zero attached hydrogens (tertiary/aromatic N) is 2. The molecule has 1 aromatic rings. The van der Waals surface area contributed by atoms with Crippen molar-refractivity contribution in [1.29, 1.82) is 5.41 Å². The molecule has 0 amide bonds. The SMILES string of the molecule is Cc1ccc(C(=N)N)c(N(C)CC2CCCC2)n1. The molecule has 2 rings (SSSR count). The quantitative estimate of drug-likeness (QED) is 0.633. The van der Waals surface area contributed by atoms with E-state index in [0.29, 0.717) is 0 Å². The van der Waals surface area contributed by atoms with Crippen molar-refractivity contribution < 1.29 is 0 Å². The summed E-state index contributed by atoms with van der Waals surface area (Å²) in [6, 6.07) is 3.80. The van der Waals surface area contributed by atoms with E-state index in [-0.39, 0.29) is 5.84 Å². The zero-order valence-electron chi connectivity index (χ0n) is 11.2. The van der Waals surface area contributed by atoms with Crippen LogP contribution in [0.5, 0.6) is 0 Å². The Morgan fingerprint density at radius 2 is 2.11 bits per heavy atom. The fourth-order valence-corrected chi connectivity index (χ4v) is 2.71. The lowest BCUT2D eigenvalue weighted by Gasteiger charge is -2.24. The number of nitrogens with one attached hydrogen (secondary N) is 1. The molecule has 0 radical (unpaired) electrons. The van der Waals surface area contributed by atoms with Crippen molar-refractivity contribution in [3.8, 4) is 0 Å². The van der Waals surface area contributed by atoms with Crippen molar-refractivity contribution in [1.82, 2.24) is 4.98 Å². The lowest BCUT2D eigenvalue weighted by Crippen LogP contribution is -2.28. The van der Waals surface area contributed by atoms with Gasteiger partial charge >= 0.3 is 0 Å². The van der Waals surface area contributed by atoms with E-state index in [1.54, 1.807) is 0 Å². The van der Waals surface area contributed by atoms with Crippen LogP contribution in [0.4, 0.5) is 5.82 Å². The van der Waals surface area contributed by atoms with E-state index in [2.05, 4.69) is 9.88 Å². The summed E-state index contributed by atoms with van der Waals surface area (Å²) in [6.45, 7) is 2.98. The first-order chi connectivity index (χ1) is 8.58. The van der Waals surface area contributed by atoms with E-state index < -0.39 is 0 Å². The first-order valence-electron chi connectivity index (χ1n) is 6.61. The summed E-state index contributed by atoms with van der Waals surface area (Å²) in [5, 5.41) is 7.64. The fourth-order valence-electron chi connectivity index (χ4n) is 2.71. The predicted molar refractivity (Wildman–Crippen MR) is 75.2 cm³/mol. The van der Waals surface area contributed by atoms with E-state index in [0.717, 1.165) is 29.5 Å². The van der Waals surface area contributed by atoms with E-state index in [1.165, 1.54) is 25.7 Å². The van der Waals surface area contributed by atoms with E-state index in [1.807, 2.05) is 26.1 Å². The van der Waals surface area contributed by atoms with Crippen LogP contribution in [-0.2, 0) is 0 Å². The number of nitrogens with two attached hydrogens (primary N) is 1. The Morgan fingerprint density at radius 3 is 2.72 bits per heavy atom. The molecule has 1 fully saturated rings. The second kappa shape index (κ2) is 5.38. The van der Waals surface area contributed by atoms with Gasteiger partial charge in [0.2, 0.25) is 0 Å². The summed E-state index contributed by atoms with van der Waals surface area (Å²) in [4.78, 5) is 6.69. The Hall–Kier alpha value is -1.58. The van der Waals surface area contributed by atoms with Gasteiger partial charge in [0, 0.05) is 19.3 Å². The molecule has 4 heteroatoms. The van der Waals surface area contributed by atoms with Gasteiger partial charge in [0.05, 0.1) is 5.56 Å². The maximum Gasteiger partial charge on any atom is 0.139 e. The van der Waals surface area contributed by atoms with Crippen molar-refractivity contribution in [2.45, 2.75) is 32.6 Å². The maximum absolute atomic E-state index is 7.64. The number of aryl methyl sites for hydroxylation is 1. The maximum atomic E-state index is 7.64. The Balaban J connectivity index is 2.19. The first-order valence-corrected chi connectivity index (χ1v) is 6.61. The lowest BCUT2D eigenvalue weighted by molar-refractivity contribution is 0.545. The molecule has 98 valence electrons. The third-order valence-electron chi connectivity index (χ3n) is 3.67. The highest BCUT2D eigenvalue weighted by molar-refractivity contribution is 5.99. The summed E-state index contributed by atoms with van der Waals surface area (Å²) in [5.41, 5.74) is 7.33. The van der Waals surface area contributed by atoms with Crippen LogP contribution in [0.1, 0.15) is 36.9 Å². The summed E-state index contributed by atoms with van der Waals surface area (Å²) in [7, 11) is 2.05. The van der Waals surface area contributed by atoms with E-state index in [9.17, 15) is 0 Å². The number of amidine groups is 1. The zero-order valence-corrected chi connectivity index (χ0v) is 11.2. The summed E-state index contributed by atoms with van der Waals surface area (Å²) < 4.78 is 0. The van der Waals surface area contributed by atoms with Crippen LogP contribution in [0.3, 0.4) is 0 Å². The molecular formula is C14H22N4. The lowest BCUT2D eigenvalue weighted by atomic mass is 10.1. The van der Waals surface area contributed by atoms with E-state index >= 15 is 0 Å². The third-order valence-corrected chi connectivity index (χ3v) is 3.67. The molecule has 1 aromatic heterocycles. The van der Waals surface area contributed by atoms with Gasteiger partial charge in [-0.3, -0.25) is 5.41 Å². The molecule has 0 bridgehead atoms. The number of nitrogen functional groups attached to an aromatic ring is 1. The number of aromatic nitrogens is 1. The number of rotatable bonds is 4. The minimum atomic E-state index is 0.0933. The van der Waals surface area contributed by atoms with Gasteiger partial charge in [-0.2, -0.15) is 0 Å². The molecule has 1 aliphatic carbocycles. The Labute approximate surface area is 109 Å². The van der Waals surface area contributed by atoms with Crippen molar-refractivity contribution in [2.24, 2.45) is 11.7 Å². The normalized spacial score (nSPS) is 15.9. The highest BCUT2D eigenvalue weighted by atomic mass is 15.2. The minimum Gasteiger partial charge on any atom is -0.384 e. The van der Waals surface area contributed by atoms with Gasteiger partial charge in [-0.05, 0) is 37.8 Å². The highest BCUT2D eigenvalue weighted by Gasteiger charge is 2.19. The molecule has 0 spiro atoms. The summed E-state index contributed by atoms with van der Waals surface area (Å²) in [6.07, 6.45) is 5.32. The average Bonchev–Trinajstić information content (AvgIpc) is 2.81. The van der Waals surface area contributed by atoms with Crippen molar-refractivity contribution in [2.75, 3.05) is 18.5 Å². The third kappa shape index (κ3) is 2.81. The van der Waals surface area contributed by atoms with Crippen molar-refractivity contribution in [3.05, 3.63) is 23.4 Å². The smallest absolute Gasteiger partial charge is 0.139 e. The molecule has 4 nitrogen and oxygen atoms in total. The van der Waals surface area contributed by atoms with Gasteiger partial charge in [0.15, 0.2) is 0 Å². The Morgan fingerprint density at radius 1 is 1.44 bits per heavy atom. The number of hydrogen-bond acceptors (Lipinski definition) is 3. The van der Waals surface area contributed by atoms with Crippen molar-refractivity contribution >= 4 is 11.7 Å². The fraction of sp³-hybridized carbons (Fsp3) is 0.571. The molecule has 0 aliphatic heterocycles. The van der Waals surface area contributed by atoms with Gasteiger partial charge in [0.1, 0.15) is 11.7 Å². The topological polar surface area (TPSA) is 66.0 Å². The number of pyridine rings is 1. The Bertz CT molecular complexity index is 435. The molecule has 0 aromatic carbocycles. The molecule has 18 heavy (non-hydrogen) atoms. The average molecular weight is 246 g/mol. The van der Waals surface area contributed by atoms with Crippen molar-refractivity contribution in [3.63, 3.8) is 0 Å². The van der Waals surface area contributed by atoms with Crippen LogP contribution in [0.25, 0.3) is 0 Å². The minimum absolute atomic E-state index is 0.0933. The van der Waals surface area contributed by atoms with Gasteiger partial charge < -0.3 is 10.6 Å². The standard InChI is InChI=1S/C14H22N4/c1-10-7-8-12(13(15)16)14(17-10)18(2)9-11-5-3-4-6-11/h7-8,11H,3-6,9H2,1-2H3,(H3,15,16). The van der Waals surface area contributed by atoms with Crippen LogP contribution in [0.2, 0.25) is 0 Å². The van der Waals surface area contributed by atoms with Gasteiger partial charge in [-0.1, -0.05) is 12.8 Å². The molecule has 1 aliphatic rings. The van der Waals surface area contributed by atoms with Gasteiger partial charge in [0.25, 0.3) is 0 Å². The summed E-state index contributed by atoms with van der Waals surface area (Å²) in [5.74, 6) is 1.70. The predicted octanol–water partition coefficient (Wildman–Crippen LogP) is 2.30. The van der Waals surface area contributed by atoms with Crippen LogP contribution >= 0.6 is 0 Å². The molecular weight excluding hydrogens is 224 g/mol. The van der Waals surface area contributed by atoms with Crippen LogP contribution in [0, 0.1) is 18.3 Å². The second-order valence-corrected chi connectivity index (χ2v) is 5.27. The highest BCUT2D eigenvalue weighted by Crippen LogP contribution is 2.27. The first kappa shape index (κ1) is 12.9. The van der Waals surface area contributed by atoms with Crippen LogP contribution in [0.15, 0.2) is 12.1 Å². The molecule has 1 heterocycles. The number of hydrogen-bond donors (Lipinski definition) is 2. The zero-order chi connectivity index (χ0) is 13.1. The van der Waals surface area contributed by atoms with Crippen LogP contribution < -0.4 is 10.6 Å². The van der Waals surface area contributed by atoms with E-state index in [4.69, 9.17) is 11.1 Å². The molecule has 3 N–H and O–H groups in total. The largest absolute Gasteiger partial charge is 0.384 e. The van der Waals surface area contributed by atoms with Gasteiger partial charge in [-0.15, -0.1) is 0 Å². The molecule has 0 unspecified atom stereocenters. The molecule has 0 atom stereocenters. The summed E-state index contributed by atoms with van der Waals surface area (Å²) >= 11 is 0. The second-order valence-electron chi connectivity index (χ2n) is 5.27.